The number of halogens is 1. The van der Waals surface area contributed by atoms with Crippen molar-refractivity contribution >= 4 is 24.9 Å². The highest BCUT2D eigenvalue weighted by atomic mass is 35.5. The second kappa shape index (κ2) is 10.5. The highest BCUT2D eigenvalue weighted by Gasteiger charge is 2.56. The Kier molecular flexibility index (Phi) is 7.81. The molecule has 0 bridgehead atoms. The van der Waals surface area contributed by atoms with Gasteiger partial charge in [-0.15, -0.1) is 0 Å². The molecule has 1 fully saturated rings. The van der Waals surface area contributed by atoms with E-state index >= 15 is 0 Å². The Hall–Kier alpha value is -2.38. The van der Waals surface area contributed by atoms with E-state index in [0.717, 1.165) is 23.2 Å². The quantitative estimate of drug-likeness (QED) is 0.258. The van der Waals surface area contributed by atoms with Crippen LogP contribution < -0.4 is 10.1 Å². The number of benzene rings is 2. The summed E-state index contributed by atoms with van der Waals surface area (Å²) in [5.41, 5.74) is 2.37. The molecule has 0 spiro atoms. The van der Waals surface area contributed by atoms with Crippen LogP contribution in [0.15, 0.2) is 47.0 Å². The summed E-state index contributed by atoms with van der Waals surface area (Å²) in [4.78, 5) is 24.7. The fourth-order valence-electron chi connectivity index (χ4n) is 5.38. The Morgan fingerprint density at radius 2 is 1.89 bits per heavy atom. The number of anilines is 1. The van der Waals surface area contributed by atoms with Crippen LogP contribution in [0.2, 0.25) is 5.02 Å². The van der Waals surface area contributed by atoms with Crippen molar-refractivity contribution in [2.45, 2.75) is 70.7 Å². The van der Waals surface area contributed by atoms with Crippen molar-refractivity contribution in [1.82, 2.24) is 10.1 Å². The first-order chi connectivity index (χ1) is 17.1. The van der Waals surface area contributed by atoms with E-state index in [1.54, 1.807) is 12.1 Å². The maximum atomic E-state index is 12.4. The molecular weight excluding hydrogens is 501 g/mol. The summed E-state index contributed by atoms with van der Waals surface area (Å²) in [6, 6.07) is 13.0. The third kappa shape index (κ3) is 5.18. The van der Waals surface area contributed by atoms with Crippen molar-refractivity contribution < 1.29 is 23.6 Å². The van der Waals surface area contributed by atoms with Gasteiger partial charge < -0.3 is 24.4 Å². The lowest BCUT2D eigenvalue weighted by molar-refractivity contribution is 0.242. The van der Waals surface area contributed by atoms with Crippen molar-refractivity contribution in [2.24, 2.45) is 5.92 Å². The van der Waals surface area contributed by atoms with Crippen LogP contribution in [-0.2, 0) is 4.57 Å². The van der Waals surface area contributed by atoms with Crippen LogP contribution in [0.25, 0.3) is 22.8 Å². The predicted molar refractivity (Wildman–Crippen MR) is 141 cm³/mol. The fourth-order valence-corrected chi connectivity index (χ4v) is 7.23. The van der Waals surface area contributed by atoms with E-state index in [0.29, 0.717) is 41.7 Å². The summed E-state index contributed by atoms with van der Waals surface area (Å²) in [7, 11) is -4.23. The Morgan fingerprint density at radius 3 is 2.47 bits per heavy atom. The first-order valence-electron chi connectivity index (χ1n) is 12.3. The summed E-state index contributed by atoms with van der Waals surface area (Å²) < 4.78 is 23.5. The molecule has 8 nitrogen and oxygen atoms in total. The molecular formula is C26H33ClN3O5P. The molecule has 36 heavy (non-hydrogen) atoms. The van der Waals surface area contributed by atoms with E-state index in [-0.39, 0.29) is 18.1 Å². The molecule has 194 valence electrons. The van der Waals surface area contributed by atoms with E-state index in [1.807, 2.05) is 58.0 Å². The molecule has 1 heterocycles. The Morgan fingerprint density at radius 1 is 1.19 bits per heavy atom. The number of hydrogen-bond donors (Lipinski definition) is 3. The average Bonchev–Trinajstić information content (AvgIpc) is 3.46. The van der Waals surface area contributed by atoms with Gasteiger partial charge in [0.15, 0.2) is 0 Å². The van der Waals surface area contributed by atoms with E-state index in [1.165, 1.54) is 0 Å². The maximum Gasteiger partial charge on any atom is 0.331 e. The van der Waals surface area contributed by atoms with Crippen LogP contribution >= 0.6 is 19.2 Å². The van der Waals surface area contributed by atoms with Crippen LogP contribution in [0.1, 0.15) is 53.4 Å². The van der Waals surface area contributed by atoms with Gasteiger partial charge >= 0.3 is 7.60 Å². The molecule has 1 unspecified atom stereocenters. The summed E-state index contributed by atoms with van der Waals surface area (Å²) in [6.45, 7) is 7.75. The normalized spacial score (nSPS) is 22.2. The first-order valence-corrected chi connectivity index (χ1v) is 14.3. The second-order valence-corrected chi connectivity index (χ2v) is 12.0. The monoisotopic (exact) mass is 533 g/mol. The lowest BCUT2D eigenvalue weighted by atomic mass is 9.88. The molecule has 3 aromatic rings. The first kappa shape index (κ1) is 26.7. The number of nitrogens with one attached hydrogen (secondary N) is 1. The predicted octanol–water partition coefficient (Wildman–Crippen LogP) is 6.77. The number of rotatable bonds is 9. The zero-order chi connectivity index (χ0) is 26.1. The van der Waals surface area contributed by atoms with Crippen molar-refractivity contribution in [3.05, 3.63) is 47.5 Å². The summed E-state index contributed by atoms with van der Waals surface area (Å²) >= 11 is 6.35. The lowest BCUT2D eigenvalue weighted by Gasteiger charge is -2.37. The van der Waals surface area contributed by atoms with Gasteiger partial charge in [0.1, 0.15) is 5.75 Å². The molecule has 1 aliphatic rings. The SMILES string of the molecule is CCC1[C@H](Nc2ccc(-c3nc(-c4ccc(OC(C)C)c(Cl)c4)no3)cc2)CC[C@]1(CC)P(=O)(O)O. The van der Waals surface area contributed by atoms with Gasteiger partial charge in [0.2, 0.25) is 5.82 Å². The van der Waals surface area contributed by atoms with Crippen molar-refractivity contribution in [2.75, 3.05) is 5.32 Å². The van der Waals surface area contributed by atoms with Gasteiger partial charge in [0, 0.05) is 22.9 Å². The summed E-state index contributed by atoms with van der Waals surface area (Å²) in [6.07, 6.45) is 2.42. The second-order valence-electron chi connectivity index (χ2n) is 9.62. The highest BCUT2D eigenvalue weighted by molar-refractivity contribution is 7.53. The number of nitrogens with zero attached hydrogens (tertiary/aromatic N) is 2. The van der Waals surface area contributed by atoms with E-state index in [4.69, 9.17) is 20.9 Å². The smallest absolute Gasteiger partial charge is 0.331 e. The maximum absolute atomic E-state index is 12.4. The Labute approximate surface area is 216 Å². The molecule has 1 aromatic heterocycles. The van der Waals surface area contributed by atoms with Crippen LogP contribution in [0.5, 0.6) is 5.75 Å². The fraction of sp³-hybridized carbons (Fsp3) is 0.462. The van der Waals surface area contributed by atoms with Crippen LogP contribution in [0.4, 0.5) is 5.69 Å². The number of aromatic nitrogens is 2. The Balaban J connectivity index is 1.48. The Bertz CT molecular complexity index is 1240. The summed E-state index contributed by atoms with van der Waals surface area (Å²) in [5.74, 6) is 1.31. The number of hydrogen-bond acceptors (Lipinski definition) is 6. The van der Waals surface area contributed by atoms with Crippen LogP contribution in [0, 0.1) is 5.92 Å². The van der Waals surface area contributed by atoms with Crippen molar-refractivity contribution in [3.63, 3.8) is 0 Å². The molecule has 0 amide bonds. The molecule has 2 aromatic carbocycles. The topological polar surface area (TPSA) is 118 Å². The molecule has 0 aliphatic heterocycles. The van der Waals surface area contributed by atoms with E-state index < -0.39 is 12.8 Å². The van der Waals surface area contributed by atoms with Gasteiger partial charge in [-0.2, -0.15) is 4.98 Å². The van der Waals surface area contributed by atoms with Gasteiger partial charge in [-0.3, -0.25) is 4.57 Å². The minimum Gasteiger partial charge on any atom is -0.489 e. The zero-order valence-corrected chi connectivity index (χ0v) is 22.6. The van der Waals surface area contributed by atoms with Crippen molar-refractivity contribution in [3.8, 4) is 28.6 Å². The van der Waals surface area contributed by atoms with Gasteiger partial charge in [-0.25, -0.2) is 0 Å². The highest BCUT2D eigenvalue weighted by Crippen LogP contribution is 2.64. The average molecular weight is 534 g/mol. The molecule has 0 saturated heterocycles. The van der Waals surface area contributed by atoms with Crippen LogP contribution in [-0.4, -0.2) is 37.2 Å². The molecule has 4 rings (SSSR count). The lowest BCUT2D eigenvalue weighted by Crippen LogP contribution is -2.38. The molecule has 1 aliphatic carbocycles. The minimum absolute atomic E-state index is 0.00386. The number of ether oxygens (including phenoxy) is 1. The standard InChI is InChI=1S/C26H33ClN3O5P/c1-5-20-22(13-14-26(20,6-2)36(31,32)33)28-19-10-7-17(8-11-19)25-29-24(30-35-25)18-9-12-23(21(27)15-18)34-16(3)4/h7-12,15-16,20,22,28H,5-6,13-14H2,1-4H3,(H2,31,32,33)/t20?,22-,26+/m1/s1. The zero-order valence-electron chi connectivity index (χ0n) is 20.9. The van der Waals surface area contributed by atoms with Gasteiger partial charge in [-0.05, 0) is 81.5 Å². The van der Waals surface area contributed by atoms with Crippen LogP contribution in [0.3, 0.4) is 0 Å². The van der Waals surface area contributed by atoms with E-state index in [9.17, 15) is 14.4 Å². The largest absolute Gasteiger partial charge is 0.489 e. The molecule has 1 saturated carbocycles. The third-order valence-electron chi connectivity index (χ3n) is 7.16. The molecule has 0 radical (unpaired) electrons. The van der Waals surface area contributed by atoms with Gasteiger partial charge in [0.25, 0.3) is 5.89 Å². The molecule has 3 atom stereocenters. The molecule has 10 heteroatoms. The summed E-state index contributed by atoms with van der Waals surface area (Å²) in [5, 5.41) is 7.12. The molecule has 3 N–H and O–H groups in total. The third-order valence-corrected chi connectivity index (χ3v) is 9.49. The minimum atomic E-state index is -4.23. The van der Waals surface area contributed by atoms with E-state index in [2.05, 4.69) is 15.5 Å². The van der Waals surface area contributed by atoms with Crippen molar-refractivity contribution in [1.29, 1.82) is 0 Å². The van der Waals surface area contributed by atoms with Gasteiger partial charge in [-0.1, -0.05) is 37.0 Å². The van der Waals surface area contributed by atoms with Gasteiger partial charge in [0.05, 0.1) is 16.3 Å².